The summed E-state index contributed by atoms with van der Waals surface area (Å²) in [6.07, 6.45) is 5.23. The van der Waals surface area contributed by atoms with E-state index in [1.54, 1.807) is 0 Å². The van der Waals surface area contributed by atoms with Crippen molar-refractivity contribution >= 4 is 5.96 Å². The molecule has 2 saturated heterocycles. The van der Waals surface area contributed by atoms with Crippen LogP contribution in [-0.2, 0) is 0 Å². The average Bonchev–Trinajstić information content (AvgIpc) is 2.99. The summed E-state index contributed by atoms with van der Waals surface area (Å²) in [6.45, 7) is 17.0. The highest BCUT2D eigenvalue weighted by Crippen LogP contribution is 2.28. The van der Waals surface area contributed by atoms with Crippen molar-refractivity contribution in [2.75, 3.05) is 66.0 Å². The van der Waals surface area contributed by atoms with Gasteiger partial charge in [-0.1, -0.05) is 26.7 Å². The molecule has 2 fully saturated rings. The molecular formula is C20H41N5. The van der Waals surface area contributed by atoms with Crippen molar-refractivity contribution in [2.45, 2.75) is 46.5 Å². The maximum atomic E-state index is 4.96. The lowest BCUT2D eigenvalue weighted by atomic mass is 9.87. The van der Waals surface area contributed by atoms with Crippen molar-refractivity contribution < 1.29 is 0 Å². The van der Waals surface area contributed by atoms with E-state index in [-0.39, 0.29) is 0 Å². The number of likely N-dealkylation sites (tertiary alicyclic amines) is 1. The molecule has 25 heavy (non-hydrogen) atoms. The van der Waals surface area contributed by atoms with Gasteiger partial charge in [-0.15, -0.1) is 0 Å². The molecule has 1 N–H and O–H groups in total. The number of hydrogen-bond donors (Lipinski definition) is 1. The minimum atomic E-state index is 0.847. The van der Waals surface area contributed by atoms with Crippen LogP contribution in [0.4, 0.5) is 0 Å². The molecule has 0 aromatic carbocycles. The molecular weight excluding hydrogens is 310 g/mol. The van der Waals surface area contributed by atoms with Crippen LogP contribution in [0.2, 0.25) is 0 Å². The van der Waals surface area contributed by atoms with Crippen molar-refractivity contribution in [1.82, 2.24) is 20.0 Å². The van der Waals surface area contributed by atoms with E-state index in [1.165, 1.54) is 65.0 Å². The van der Waals surface area contributed by atoms with Gasteiger partial charge in [0.15, 0.2) is 5.96 Å². The normalized spacial score (nSPS) is 24.1. The summed E-state index contributed by atoms with van der Waals surface area (Å²) in [7, 11) is 2.23. The Hall–Kier alpha value is -0.810. The third-order valence-electron chi connectivity index (χ3n) is 6.06. The Kier molecular flexibility index (Phi) is 9.04. The largest absolute Gasteiger partial charge is 0.357 e. The van der Waals surface area contributed by atoms with E-state index in [2.05, 4.69) is 47.8 Å². The molecule has 1 unspecified atom stereocenters. The number of hydrogen-bond acceptors (Lipinski definition) is 3. The van der Waals surface area contributed by atoms with Gasteiger partial charge < -0.3 is 20.0 Å². The molecule has 2 rings (SSSR count). The van der Waals surface area contributed by atoms with Gasteiger partial charge in [-0.2, -0.15) is 0 Å². The summed E-state index contributed by atoms with van der Waals surface area (Å²) in [5, 5.41) is 3.53. The van der Waals surface area contributed by atoms with Crippen molar-refractivity contribution in [3.8, 4) is 0 Å². The molecule has 0 amide bonds. The predicted molar refractivity (Wildman–Crippen MR) is 108 cm³/mol. The first-order valence-electron chi connectivity index (χ1n) is 10.6. The number of likely N-dealkylation sites (N-methyl/N-ethyl adjacent to an activating group) is 1. The molecule has 0 spiro atoms. The Morgan fingerprint density at radius 2 is 1.88 bits per heavy atom. The second-order valence-electron chi connectivity index (χ2n) is 7.81. The van der Waals surface area contributed by atoms with Gasteiger partial charge in [0.2, 0.25) is 0 Å². The Labute approximate surface area is 155 Å². The molecule has 2 aliphatic heterocycles. The Morgan fingerprint density at radius 1 is 1.08 bits per heavy atom. The third kappa shape index (κ3) is 6.45. The summed E-state index contributed by atoms with van der Waals surface area (Å²) in [4.78, 5) is 12.5. The van der Waals surface area contributed by atoms with Crippen LogP contribution >= 0.6 is 0 Å². The first-order chi connectivity index (χ1) is 12.2. The molecule has 0 aromatic rings. The molecule has 2 aliphatic rings. The first-order valence-corrected chi connectivity index (χ1v) is 10.6. The van der Waals surface area contributed by atoms with Gasteiger partial charge in [-0.3, -0.25) is 4.99 Å². The lowest BCUT2D eigenvalue weighted by molar-refractivity contribution is 0.282. The summed E-state index contributed by atoms with van der Waals surface area (Å²) in [6, 6.07) is 0. The van der Waals surface area contributed by atoms with E-state index >= 15 is 0 Å². The zero-order valence-corrected chi connectivity index (χ0v) is 17.1. The topological polar surface area (TPSA) is 34.1 Å². The van der Waals surface area contributed by atoms with E-state index < -0.39 is 0 Å². The van der Waals surface area contributed by atoms with E-state index in [0.717, 1.165) is 37.4 Å². The summed E-state index contributed by atoms with van der Waals surface area (Å²) < 4.78 is 0. The van der Waals surface area contributed by atoms with Crippen molar-refractivity contribution in [2.24, 2.45) is 16.8 Å². The smallest absolute Gasteiger partial charge is 0.193 e. The van der Waals surface area contributed by atoms with Crippen LogP contribution in [0.25, 0.3) is 0 Å². The van der Waals surface area contributed by atoms with Crippen LogP contribution in [0.1, 0.15) is 46.5 Å². The molecule has 2 heterocycles. The minimum Gasteiger partial charge on any atom is -0.357 e. The van der Waals surface area contributed by atoms with Crippen LogP contribution in [-0.4, -0.2) is 86.6 Å². The van der Waals surface area contributed by atoms with Gasteiger partial charge in [-0.25, -0.2) is 0 Å². The van der Waals surface area contributed by atoms with Crippen LogP contribution < -0.4 is 5.32 Å². The van der Waals surface area contributed by atoms with Crippen molar-refractivity contribution in [3.63, 3.8) is 0 Å². The lowest BCUT2D eigenvalue weighted by Gasteiger charge is -2.25. The zero-order valence-electron chi connectivity index (χ0n) is 17.1. The maximum absolute atomic E-state index is 4.96. The summed E-state index contributed by atoms with van der Waals surface area (Å²) in [5.74, 6) is 2.87. The number of aliphatic imine (C=N–C) groups is 1. The van der Waals surface area contributed by atoms with Gasteiger partial charge in [0.05, 0.1) is 6.54 Å². The first kappa shape index (κ1) is 20.5. The van der Waals surface area contributed by atoms with E-state index in [9.17, 15) is 0 Å². The summed E-state index contributed by atoms with van der Waals surface area (Å²) in [5.41, 5.74) is 0. The fourth-order valence-electron chi connectivity index (χ4n) is 4.37. The standard InChI is InChI=1S/C20H41N5/c1-5-18(6-2)19-9-13-25(17-19)20(21-7-3)22-10-14-24-12-8-11-23(4)15-16-24/h18-19H,5-17H2,1-4H3,(H,21,22). The molecule has 0 bridgehead atoms. The highest BCUT2D eigenvalue weighted by molar-refractivity contribution is 5.80. The number of guanidine groups is 1. The van der Waals surface area contributed by atoms with Crippen LogP contribution in [0.15, 0.2) is 4.99 Å². The minimum absolute atomic E-state index is 0.847. The highest BCUT2D eigenvalue weighted by Gasteiger charge is 2.29. The van der Waals surface area contributed by atoms with E-state index in [0.29, 0.717) is 0 Å². The maximum Gasteiger partial charge on any atom is 0.193 e. The highest BCUT2D eigenvalue weighted by atomic mass is 15.3. The zero-order chi connectivity index (χ0) is 18.1. The average molecular weight is 352 g/mol. The SMILES string of the molecule is CCNC(=NCCN1CCCN(C)CC1)N1CCC(C(CC)CC)C1. The Bertz CT molecular complexity index is 394. The molecule has 0 aromatic heterocycles. The van der Waals surface area contributed by atoms with Gasteiger partial charge in [0, 0.05) is 39.3 Å². The number of rotatable bonds is 7. The molecule has 5 nitrogen and oxygen atoms in total. The molecule has 0 radical (unpaired) electrons. The molecule has 0 aliphatic carbocycles. The third-order valence-corrected chi connectivity index (χ3v) is 6.06. The molecule has 1 atom stereocenters. The monoisotopic (exact) mass is 351 g/mol. The molecule has 5 heteroatoms. The van der Waals surface area contributed by atoms with E-state index in [1.807, 2.05) is 0 Å². The molecule has 146 valence electrons. The van der Waals surface area contributed by atoms with Gasteiger partial charge in [-0.05, 0) is 51.7 Å². The quantitative estimate of drug-likeness (QED) is 0.564. The predicted octanol–water partition coefficient (Wildman–Crippen LogP) is 2.35. The second kappa shape index (κ2) is 11.0. The van der Waals surface area contributed by atoms with Crippen LogP contribution in [0, 0.1) is 11.8 Å². The Balaban J connectivity index is 1.84. The van der Waals surface area contributed by atoms with Crippen LogP contribution in [0.5, 0.6) is 0 Å². The number of nitrogens with zero attached hydrogens (tertiary/aromatic N) is 4. The molecule has 0 saturated carbocycles. The number of nitrogens with one attached hydrogen (secondary N) is 1. The fraction of sp³-hybridized carbons (Fsp3) is 0.950. The fourth-order valence-corrected chi connectivity index (χ4v) is 4.37. The van der Waals surface area contributed by atoms with E-state index in [4.69, 9.17) is 4.99 Å². The van der Waals surface area contributed by atoms with Crippen molar-refractivity contribution in [3.05, 3.63) is 0 Å². The van der Waals surface area contributed by atoms with Gasteiger partial charge >= 0.3 is 0 Å². The van der Waals surface area contributed by atoms with Crippen LogP contribution in [0.3, 0.4) is 0 Å². The van der Waals surface area contributed by atoms with Gasteiger partial charge in [0.25, 0.3) is 0 Å². The Morgan fingerprint density at radius 3 is 2.60 bits per heavy atom. The lowest BCUT2D eigenvalue weighted by Crippen LogP contribution is -2.41. The van der Waals surface area contributed by atoms with Gasteiger partial charge in [0.1, 0.15) is 0 Å². The summed E-state index contributed by atoms with van der Waals surface area (Å²) >= 11 is 0. The second-order valence-corrected chi connectivity index (χ2v) is 7.81. The van der Waals surface area contributed by atoms with Crippen molar-refractivity contribution in [1.29, 1.82) is 0 Å².